The zero-order valence-electron chi connectivity index (χ0n) is 10.3. The lowest BCUT2D eigenvalue weighted by molar-refractivity contribution is 0.353. The van der Waals surface area contributed by atoms with Gasteiger partial charge in [-0.15, -0.1) is 0 Å². The molecule has 1 aromatic rings. The summed E-state index contributed by atoms with van der Waals surface area (Å²) in [6, 6.07) is 8.46. The number of halogens is 1. The van der Waals surface area contributed by atoms with Crippen LogP contribution in [0.15, 0.2) is 24.3 Å². The second-order valence-electron chi connectivity index (χ2n) is 5.28. The van der Waals surface area contributed by atoms with E-state index in [0.717, 1.165) is 17.4 Å². The highest BCUT2D eigenvalue weighted by molar-refractivity contribution is 6.30. The molecule has 1 saturated carbocycles. The summed E-state index contributed by atoms with van der Waals surface area (Å²) in [6.07, 6.45) is 4.92. The standard InChI is InChI=1S/C14H21ClN2/c1-10-2-5-12(8-10)14(17-16)9-11-3-6-13(15)7-4-11/h3-4,6-7,10,12,14,17H,2,5,8-9,16H2,1H3. The summed E-state index contributed by atoms with van der Waals surface area (Å²) in [5.74, 6) is 7.26. The van der Waals surface area contributed by atoms with E-state index in [9.17, 15) is 0 Å². The maximum Gasteiger partial charge on any atom is 0.0406 e. The second kappa shape index (κ2) is 5.85. The highest BCUT2D eigenvalue weighted by Gasteiger charge is 2.28. The third-order valence-electron chi connectivity index (χ3n) is 3.89. The van der Waals surface area contributed by atoms with Crippen LogP contribution < -0.4 is 11.3 Å². The van der Waals surface area contributed by atoms with E-state index in [4.69, 9.17) is 17.4 Å². The van der Waals surface area contributed by atoms with Crippen molar-refractivity contribution in [3.63, 3.8) is 0 Å². The zero-order valence-corrected chi connectivity index (χ0v) is 11.1. The molecule has 0 amide bonds. The average Bonchev–Trinajstić information content (AvgIpc) is 2.75. The van der Waals surface area contributed by atoms with Crippen LogP contribution in [0.2, 0.25) is 5.02 Å². The second-order valence-corrected chi connectivity index (χ2v) is 5.72. The Hall–Kier alpha value is -0.570. The first-order valence-corrected chi connectivity index (χ1v) is 6.77. The molecule has 0 radical (unpaired) electrons. The van der Waals surface area contributed by atoms with E-state index in [1.54, 1.807) is 0 Å². The lowest BCUT2D eigenvalue weighted by atomic mass is 9.92. The molecular weight excluding hydrogens is 232 g/mol. The Morgan fingerprint density at radius 3 is 2.59 bits per heavy atom. The summed E-state index contributed by atoms with van der Waals surface area (Å²) < 4.78 is 0. The van der Waals surface area contributed by atoms with Crippen LogP contribution in [-0.2, 0) is 6.42 Å². The molecule has 0 bridgehead atoms. The normalized spacial score (nSPS) is 26.1. The first-order valence-electron chi connectivity index (χ1n) is 6.39. The van der Waals surface area contributed by atoms with Crippen LogP contribution in [0.1, 0.15) is 31.7 Å². The SMILES string of the molecule is CC1CCC(C(Cc2ccc(Cl)cc2)NN)C1. The number of nitrogens with two attached hydrogens (primary N) is 1. The third kappa shape index (κ3) is 3.44. The number of nitrogens with one attached hydrogen (secondary N) is 1. The first kappa shape index (κ1) is 12.9. The quantitative estimate of drug-likeness (QED) is 0.638. The van der Waals surface area contributed by atoms with Crippen molar-refractivity contribution in [2.24, 2.45) is 17.7 Å². The Bertz CT molecular complexity index is 350. The molecule has 3 heteroatoms. The van der Waals surface area contributed by atoms with Crippen molar-refractivity contribution < 1.29 is 0 Å². The molecule has 0 heterocycles. The zero-order chi connectivity index (χ0) is 12.3. The summed E-state index contributed by atoms with van der Waals surface area (Å²) in [7, 11) is 0. The molecule has 3 atom stereocenters. The van der Waals surface area contributed by atoms with Gasteiger partial charge in [-0.2, -0.15) is 0 Å². The van der Waals surface area contributed by atoms with Gasteiger partial charge in [0.25, 0.3) is 0 Å². The summed E-state index contributed by atoms with van der Waals surface area (Å²) in [6.45, 7) is 2.33. The van der Waals surface area contributed by atoms with E-state index in [1.807, 2.05) is 12.1 Å². The van der Waals surface area contributed by atoms with Crippen molar-refractivity contribution in [2.75, 3.05) is 0 Å². The Balaban J connectivity index is 1.97. The van der Waals surface area contributed by atoms with Crippen molar-refractivity contribution in [1.82, 2.24) is 5.43 Å². The highest BCUT2D eigenvalue weighted by Crippen LogP contribution is 2.33. The number of hydrogen-bond donors (Lipinski definition) is 2. The highest BCUT2D eigenvalue weighted by atomic mass is 35.5. The molecule has 17 heavy (non-hydrogen) atoms. The van der Waals surface area contributed by atoms with Crippen LogP contribution in [0, 0.1) is 11.8 Å². The molecule has 1 aromatic carbocycles. The summed E-state index contributed by atoms with van der Waals surface area (Å²) in [5.41, 5.74) is 4.30. The van der Waals surface area contributed by atoms with Gasteiger partial charge in [-0.1, -0.05) is 37.1 Å². The van der Waals surface area contributed by atoms with E-state index >= 15 is 0 Å². The topological polar surface area (TPSA) is 38.0 Å². The predicted molar refractivity (Wildman–Crippen MR) is 72.8 cm³/mol. The Morgan fingerprint density at radius 1 is 1.35 bits per heavy atom. The minimum atomic E-state index is 0.390. The molecule has 0 aliphatic heterocycles. The molecule has 3 unspecified atom stereocenters. The summed E-state index contributed by atoms with van der Waals surface area (Å²) >= 11 is 5.89. The van der Waals surface area contributed by atoms with Crippen molar-refractivity contribution in [2.45, 2.75) is 38.6 Å². The van der Waals surface area contributed by atoms with E-state index in [0.29, 0.717) is 12.0 Å². The van der Waals surface area contributed by atoms with Crippen molar-refractivity contribution in [3.8, 4) is 0 Å². The van der Waals surface area contributed by atoms with Gasteiger partial charge in [0.1, 0.15) is 0 Å². The Kier molecular flexibility index (Phi) is 4.43. The molecule has 3 N–H and O–H groups in total. The van der Waals surface area contributed by atoms with Crippen LogP contribution in [0.3, 0.4) is 0 Å². The van der Waals surface area contributed by atoms with Gasteiger partial charge in [-0.25, -0.2) is 0 Å². The molecule has 0 aromatic heterocycles. The fourth-order valence-electron chi connectivity index (χ4n) is 2.85. The van der Waals surface area contributed by atoms with Crippen molar-refractivity contribution in [1.29, 1.82) is 0 Å². The predicted octanol–water partition coefficient (Wildman–Crippen LogP) is 3.15. The Morgan fingerprint density at radius 2 is 2.06 bits per heavy atom. The lowest BCUT2D eigenvalue weighted by Crippen LogP contribution is -2.41. The van der Waals surface area contributed by atoms with Crippen molar-refractivity contribution in [3.05, 3.63) is 34.9 Å². The van der Waals surface area contributed by atoms with Crippen LogP contribution in [-0.4, -0.2) is 6.04 Å². The number of rotatable bonds is 4. The van der Waals surface area contributed by atoms with E-state index in [1.165, 1.54) is 24.8 Å². The molecule has 1 aliphatic carbocycles. The first-order chi connectivity index (χ1) is 8.19. The maximum atomic E-state index is 5.89. The smallest absolute Gasteiger partial charge is 0.0406 e. The van der Waals surface area contributed by atoms with Gasteiger partial charge in [0, 0.05) is 11.1 Å². The summed E-state index contributed by atoms with van der Waals surface area (Å²) in [4.78, 5) is 0. The molecule has 2 nitrogen and oxygen atoms in total. The van der Waals surface area contributed by atoms with Crippen LogP contribution in [0.5, 0.6) is 0 Å². The fraction of sp³-hybridized carbons (Fsp3) is 0.571. The molecular formula is C14H21ClN2. The van der Waals surface area contributed by atoms with Gasteiger partial charge in [0.05, 0.1) is 0 Å². The molecule has 1 fully saturated rings. The molecule has 94 valence electrons. The fourth-order valence-corrected chi connectivity index (χ4v) is 2.98. The van der Waals surface area contributed by atoms with Gasteiger partial charge >= 0.3 is 0 Å². The van der Waals surface area contributed by atoms with Gasteiger partial charge < -0.3 is 0 Å². The monoisotopic (exact) mass is 252 g/mol. The summed E-state index contributed by atoms with van der Waals surface area (Å²) in [5, 5.41) is 0.792. The minimum absolute atomic E-state index is 0.390. The minimum Gasteiger partial charge on any atom is -0.271 e. The molecule has 0 spiro atoms. The molecule has 2 rings (SSSR count). The molecule has 1 aliphatic rings. The van der Waals surface area contributed by atoms with Crippen molar-refractivity contribution >= 4 is 11.6 Å². The average molecular weight is 253 g/mol. The van der Waals surface area contributed by atoms with Gasteiger partial charge in [0.2, 0.25) is 0 Å². The van der Waals surface area contributed by atoms with E-state index < -0.39 is 0 Å². The Labute approximate surface area is 109 Å². The van der Waals surface area contributed by atoms with Crippen LogP contribution >= 0.6 is 11.6 Å². The lowest BCUT2D eigenvalue weighted by Gasteiger charge is -2.23. The van der Waals surface area contributed by atoms with E-state index in [-0.39, 0.29) is 0 Å². The van der Waals surface area contributed by atoms with Gasteiger partial charge in [0.15, 0.2) is 0 Å². The largest absolute Gasteiger partial charge is 0.271 e. The van der Waals surface area contributed by atoms with Crippen LogP contribution in [0.4, 0.5) is 0 Å². The maximum absolute atomic E-state index is 5.89. The van der Waals surface area contributed by atoms with Gasteiger partial charge in [-0.05, 0) is 48.8 Å². The van der Waals surface area contributed by atoms with E-state index in [2.05, 4.69) is 24.5 Å². The molecule has 0 saturated heterocycles. The number of benzene rings is 1. The number of hydrazine groups is 1. The third-order valence-corrected chi connectivity index (χ3v) is 4.14. The van der Waals surface area contributed by atoms with Crippen LogP contribution in [0.25, 0.3) is 0 Å². The van der Waals surface area contributed by atoms with Gasteiger partial charge in [-0.3, -0.25) is 11.3 Å². The number of hydrogen-bond acceptors (Lipinski definition) is 2.